The lowest BCUT2D eigenvalue weighted by Crippen LogP contribution is -2.15. The Bertz CT molecular complexity index is 1170. The van der Waals surface area contributed by atoms with Crippen LogP contribution in [0.4, 0.5) is 5.69 Å². The average Bonchev–Trinajstić information content (AvgIpc) is 2.75. The smallest absolute Gasteiger partial charge is 0.228 e. The zero-order chi connectivity index (χ0) is 22.4. The van der Waals surface area contributed by atoms with Crippen molar-refractivity contribution in [2.45, 2.75) is 26.2 Å². The summed E-state index contributed by atoms with van der Waals surface area (Å²) in [5, 5.41) is 21.5. The summed E-state index contributed by atoms with van der Waals surface area (Å²) >= 11 is 6.35. The number of carbonyl (C=O) groups excluding carboxylic acids is 1. The number of rotatable bonds is 6. The summed E-state index contributed by atoms with van der Waals surface area (Å²) in [5.74, 6) is 0.866. The molecule has 0 saturated heterocycles. The molecule has 0 aromatic heterocycles. The number of ether oxygens (including phenoxy) is 1. The number of halogens is 1. The van der Waals surface area contributed by atoms with Crippen molar-refractivity contribution in [1.29, 1.82) is 10.5 Å². The molecule has 0 spiro atoms. The quantitative estimate of drug-likeness (QED) is 0.506. The van der Waals surface area contributed by atoms with E-state index in [1.54, 1.807) is 18.2 Å². The van der Waals surface area contributed by atoms with Gasteiger partial charge in [0.05, 0.1) is 34.7 Å². The highest BCUT2D eigenvalue weighted by molar-refractivity contribution is 6.32. The Hall–Kier alpha value is -3.80. The third-order valence-corrected chi connectivity index (χ3v) is 4.91. The van der Waals surface area contributed by atoms with Crippen molar-refractivity contribution < 1.29 is 9.53 Å². The van der Waals surface area contributed by atoms with Crippen molar-refractivity contribution in [3.8, 4) is 23.6 Å². The van der Waals surface area contributed by atoms with E-state index in [9.17, 15) is 4.79 Å². The van der Waals surface area contributed by atoms with E-state index in [0.717, 1.165) is 16.8 Å². The second-order valence-corrected chi connectivity index (χ2v) is 7.71. The number of carbonyl (C=O) groups is 1. The van der Waals surface area contributed by atoms with Gasteiger partial charge in [-0.3, -0.25) is 4.79 Å². The lowest BCUT2D eigenvalue weighted by Gasteiger charge is -2.14. The first-order chi connectivity index (χ1) is 14.9. The molecule has 0 atom stereocenters. The van der Waals surface area contributed by atoms with Crippen LogP contribution in [0.25, 0.3) is 0 Å². The van der Waals surface area contributed by atoms with Crippen molar-refractivity contribution in [2.75, 3.05) is 5.32 Å². The number of amides is 1. The van der Waals surface area contributed by atoms with E-state index in [-0.39, 0.29) is 12.3 Å². The largest absolute Gasteiger partial charge is 0.456 e. The van der Waals surface area contributed by atoms with Crippen LogP contribution < -0.4 is 10.1 Å². The number of hydrogen-bond donors (Lipinski definition) is 1. The van der Waals surface area contributed by atoms with Crippen LogP contribution >= 0.6 is 11.6 Å². The Morgan fingerprint density at radius 2 is 1.71 bits per heavy atom. The van der Waals surface area contributed by atoms with Gasteiger partial charge in [-0.05, 0) is 53.4 Å². The highest BCUT2D eigenvalue weighted by Crippen LogP contribution is 2.31. The second-order valence-electron chi connectivity index (χ2n) is 7.30. The van der Waals surface area contributed by atoms with E-state index >= 15 is 0 Å². The van der Waals surface area contributed by atoms with Gasteiger partial charge in [-0.15, -0.1) is 0 Å². The molecule has 0 heterocycles. The van der Waals surface area contributed by atoms with Crippen LogP contribution in [0, 0.1) is 22.7 Å². The van der Waals surface area contributed by atoms with Crippen molar-refractivity contribution in [1.82, 2.24) is 0 Å². The zero-order valence-electron chi connectivity index (χ0n) is 17.1. The fourth-order valence-electron chi connectivity index (χ4n) is 3.15. The fourth-order valence-corrected chi connectivity index (χ4v) is 3.39. The second kappa shape index (κ2) is 9.80. The number of hydrogen-bond acceptors (Lipinski definition) is 4. The maximum Gasteiger partial charge on any atom is 0.228 e. The summed E-state index contributed by atoms with van der Waals surface area (Å²) in [4.78, 5) is 12.5. The van der Waals surface area contributed by atoms with Crippen LogP contribution in [0.5, 0.6) is 11.5 Å². The molecule has 0 fully saturated rings. The Labute approximate surface area is 186 Å². The van der Waals surface area contributed by atoms with Gasteiger partial charge in [-0.1, -0.05) is 49.7 Å². The molecule has 3 aromatic rings. The number of nitrogens with one attached hydrogen (secondary N) is 1. The van der Waals surface area contributed by atoms with Gasteiger partial charge >= 0.3 is 0 Å². The number of anilines is 1. The monoisotopic (exact) mass is 429 g/mol. The third kappa shape index (κ3) is 5.63. The Morgan fingerprint density at radius 3 is 2.32 bits per heavy atom. The molecule has 31 heavy (non-hydrogen) atoms. The molecule has 5 nitrogen and oxygen atoms in total. The first kappa shape index (κ1) is 21.9. The van der Waals surface area contributed by atoms with Crippen LogP contribution in [0.1, 0.15) is 42.0 Å². The summed E-state index contributed by atoms with van der Waals surface area (Å²) in [6.07, 6.45) is 0.162. The molecule has 0 radical (unpaired) electrons. The summed E-state index contributed by atoms with van der Waals surface area (Å²) < 4.78 is 5.76. The first-order valence-corrected chi connectivity index (χ1v) is 10.1. The van der Waals surface area contributed by atoms with E-state index in [1.165, 1.54) is 18.2 Å². The SMILES string of the molecule is CC(C)c1ccccc1NC(=O)Cc1ccc(Oc2cc(C#N)cc(C#N)c2)c(Cl)c1. The molecule has 0 aliphatic carbocycles. The molecule has 0 aliphatic heterocycles. The Balaban J connectivity index is 1.72. The summed E-state index contributed by atoms with van der Waals surface area (Å²) in [7, 11) is 0. The molecular formula is C25H20ClN3O2. The van der Waals surface area contributed by atoms with Crippen LogP contribution in [-0.2, 0) is 11.2 Å². The molecule has 0 aliphatic rings. The minimum atomic E-state index is -0.141. The number of para-hydroxylation sites is 1. The fraction of sp³-hybridized carbons (Fsp3) is 0.160. The molecule has 3 aromatic carbocycles. The van der Waals surface area contributed by atoms with Gasteiger partial charge in [0.2, 0.25) is 5.91 Å². The molecule has 0 unspecified atom stereocenters. The van der Waals surface area contributed by atoms with Gasteiger partial charge in [0.15, 0.2) is 0 Å². The molecular weight excluding hydrogens is 410 g/mol. The molecule has 6 heteroatoms. The number of benzene rings is 3. The molecule has 1 amide bonds. The van der Waals surface area contributed by atoms with E-state index in [4.69, 9.17) is 26.9 Å². The van der Waals surface area contributed by atoms with Crippen LogP contribution in [0.2, 0.25) is 5.02 Å². The van der Waals surface area contributed by atoms with Gasteiger partial charge in [0.25, 0.3) is 0 Å². The van der Waals surface area contributed by atoms with Crippen molar-refractivity contribution >= 4 is 23.2 Å². The topological polar surface area (TPSA) is 85.9 Å². The van der Waals surface area contributed by atoms with Crippen LogP contribution in [0.3, 0.4) is 0 Å². The number of nitrogens with zero attached hydrogens (tertiary/aromatic N) is 2. The predicted molar refractivity (Wildman–Crippen MR) is 120 cm³/mol. The van der Waals surface area contributed by atoms with E-state index in [0.29, 0.717) is 33.6 Å². The first-order valence-electron chi connectivity index (χ1n) is 9.70. The third-order valence-electron chi connectivity index (χ3n) is 4.61. The molecule has 3 rings (SSSR count). The van der Waals surface area contributed by atoms with Gasteiger partial charge in [-0.25, -0.2) is 0 Å². The van der Waals surface area contributed by atoms with Gasteiger partial charge in [-0.2, -0.15) is 10.5 Å². The van der Waals surface area contributed by atoms with E-state index in [1.807, 2.05) is 36.4 Å². The lowest BCUT2D eigenvalue weighted by molar-refractivity contribution is -0.115. The van der Waals surface area contributed by atoms with E-state index in [2.05, 4.69) is 19.2 Å². The molecule has 0 saturated carbocycles. The van der Waals surface area contributed by atoms with Gasteiger partial charge < -0.3 is 10.1 Å². The summed E-state index contributed by atoms with van der Waals surface area (Å²) in [5.41, 5.74) is 3.26. The molecule has 154 valence electrons. The predicted octanol–water partition coefficient (Wildman–Crippen LogP) is 6.18. The maximum absolute atomic E-state index is 12.5. The van der Waals surface area contributed by atoms with Gasteiger partial charge in [0.1, 0.15) is 11.5 Å². The van der Waals surface area contributed by atoms with Crippen molar-refractivity contribution in [3.05, 3.63) is 87.9 Å². The van der Waals surface area contributed by atoms with Crippen LogP contribution in [0.15, 0.2) is 60.7 Å². The zero-order valence-corrected chi connectivity index (χ0v) is 17.9. The van der Waals surface area contributed by atoms with Crippen molar-refractivity contribution in [3.63, 3.8) is 0 Å². The van der Waals surface area contributed by atoms with E-state index < -0.39 is 0 Å². The number of nitriles is 2. The minimum absolute atomic E-state index is 0.141. The van der Waals surface area contributed by atoms with Gasteiger partial charge in [0, 0.05) is 5.69 Å². The normalized spacial score (nSPS) is 10.3. The lowest BCUT2D eigenvalue weighted by atomic mass is 10.0. The Morgan fingerprint density at radius 1 is 1.03 bits per heavy atom. The highest BCUT2D eigenvalue weighted by Gasteiger charge is 2.12. The standard InChI is InChI=1S/C25H20ClN3O2/c1-16(2)21-5-3-4-6-23(21)29-25(30)13-17-7-8-24(22(26)12-17)31-20-10-18(14-27)9-19(11-20)15-28/h3-12,16H,13H2,1-2H3,(H,29,30). The highest BCUT2D eigenvalue weighted by atomic mass is 35.5. The Kier molecular flexibility index (Phi) is 6.92. The molecule has 0 bridgehead atoms. The van der Waals surface area contributed by atoms with Crippen molar-refractivity contribution in [2.24, 2.45) is 0 Å². The average molecular weight is 430 g/mol. The summed E-state index contributed by atoms with van der Waals surface area (Å²) in [6, 6.07) is 21.4. The van der Waals surface area contributed by atoms with Crippen LogP contribution in [-0.4, -0.2) is 5.91 Å². The summed E-state index contributed by atoms with van der Waals surface area (Å²) in [6.45, 7) is 4.16. The minimum Gasteiger partial charge on any atom is -0.456 e. The maximum atomic E-state index is 12.5. The molecule has 1 N–H and O–H groups in total.